The molecule has 2 fully saturated rings. The molecular formula is C22H30NO4-. The number of carboxylic acid groups (broad SMARTS) is 1. The molecule has 1 aromatic carbocycles. The number of benzene rings is 1. The van der Waals surface area contributed by atoms with Gasteiger partial charge in [0.05, 0.1) is 6.61 Å². The van der Waals surface area contributed by atoms with Crippen molar-refractivity contribution in [2.75, 3.05) is 11.9 Å². The van der Waals surface area contributed by atoms with Gasteiger partial charge in [-0.1, -0.05) is 44.9 Å². The smallest absolute Gasteiger partial charge is 0.228 e. The molecule has 1 amide bonds. The molecule has 0 bridgehead atoms. The van der Waals surface area contributed by atoms with Crippen molar-refractivity contribution >= 4 is 17.6 Å². The van der Waals surface area contributed by atoms with E-state index in [4.69, 9.17) is 4.74 Å². The largest absolute Gasteiger partial charge is 0.550 e. The van der Waals surface area contributed by atoms with Crippen LogP contribution in [-0.4, -0.2) is 18.5 Å². The minimum absolute atomic E-state index is 0.227. The van der Waals surface area contributed by atoms with Crippen molar-refractivity contribution < 1.29 is 19.4 Å². The van der Waals surface area contributed by atoms with Crippen molar-refractivity contribution in [2.24, 2.45) is 17.8 Å². The maximum atomic E-state index is 12.5. The first-order chi connectivity index (χ1) is 13.1. The van der Waals surface area contributed by atoms with E-state index in [1.807, 2.05) is 24.3 Å². The molecule has 5 heteroatoms. The van der Waals surface area contributed by atoms with Crippen molar-refractivity contribution in [3.05, 3.63) is 24.3 Å². The minimum Gasteiger partial charge on any atom is -0.550 e. The fraction of sp³-hybridized carbons (Fsp3) is 0.636. The van der Waals surface area contributed by atoms with Crippen LogP contribution in [0.1, 0.15) is 64.2 Å². The van der Waals surface area contributed by atoms with Crippen LogP contribution in [0.25, 0.3) is 0 Å². The first kappa shape index (κ1) is 19.7. The monoisotopic (exact) mass is 372 g/mol. The van der Waals surface area contributed by atoms with Crippen LogP contribution in [0, 0.1) is 17.8 Å². The van der Waals surface area contributed by atoms with Gasteiger partial charge in [-0.25, -0.2) is 0 Å². The third-order valence-electron chi connectivity index (χ3n) is 6.05. The second kappa shape index (κ2) is 9.77. The predicted molar refractivity (Wildman–Crippen MR) is 102 cm³/mol. The Labute approximate surface area is 161 Å². The van der Waals surface area contributed by atoms with E-state index in [0.29, 0.717) is 18.5 Å². The Bertz CT molecular complexity index is 622. The molecule has 3 rings (SSSR count). The van der Waals surface area contributed by atoms with Crippen LogP contribution in [0.5, 0.6) is 5.75 Å². The van der Waals surface area contributed by atoms with Gasteiger partial charge in [0, 0.05) is 23.5 Å². The van der Waals surface area contributed by atoms with Crippen molar-refractivity contribution in [1.29, 1.82) is 0 Å². The molecule has 5 nitrogen and oxygen atoms in total. The number of anilines is 1. The number of nitrogens with one attached hydrogen (secondary N) is 1. The van der Waals surface area contributed by atoms with Gasteiger partial charge in [0.2, 0.25) is 5.91 Å². The Morgan fingerprint density at radius 2 is 1.56 bits per heavy atom. The van der Waals surface area contributed by atoms with Crippen LogP contribution in [0.3, 0.4) is 0 Å². The van der Waals surface area contributed by atoms with E-state index in [0.717, 1.165) is 37.5 Å². The van der Waals surface area contributed by atoms with Crippen LogP contribution in [0.15, 0.2) is 24.3 Å². The average Bonchev–Trinajstić information content (AvgIpc) is 2.70. The van der Waals surface area contributed by atoms with Crippen LogP contribution in [0.2, 0.25) is 0 Å². The molecule has 2 aliphatic carbocycles. The SMILES string of the molecule is O=C([O-])[C@H]1CCCC[C@@H]1C(=O)Nc1ccc(OCCC2CCCCC2)cc1. The first-order valence-corrected chi connectivity index (χ1v) is 10.4. The summed E-state index contributed by atoms with van der Waals surface area (Å²) in [7, 11) is 0. The highest BCUT2D eigenvalue weighted by molar-refractivity contribution is 5.95. The van der Waals surface area contributed by atoms with Gasteiger partial charge in [0.15, 0.2) is 0 Å². The zero-order valence-corrected chi connectivity index (χ0v) is 16.0. The highest BCUT2D eigenvalue weighted by atomic mass is 16.5. The number of ether oxygens (including phenoxy) is 1. The number of carboxylic acids is 1. The van der Waals surface area contributed by atoms with E-state index in [9.17, 15) is 14.7 Å². The summed E-state index contributed by atoms with van der Waals surface area (Å²) in [6.45, 7) is 0.728. The third kappa shape index (κ3) is 5.72. The Morgan fingerprint density at radius 3 is 2.22 bits per heavy atom. The Kier molecular flexibility index (Phi) is 7.13. The Morgan fingerprint density at radius 1 is 0.926 bits per heavy atom. The maximum Gasteiger partial charge on any atom is 0.228 e. The summed E-state index contributed by atoms with van der Waals surface area (Å²) >= 11 is 0. The highest BCUT2D eigenvalue weighted by Crippen LogP contribution is 2.31. The Balaban J connectivity index is 1.46. The molecule has 2 saturated carbocycles. The predicted octanol–water partition coefficient (Wildman–Crippen LogP) is 3.53. The van der Waals surface area contributed by atoms with E-state index < -0.39 is 17.8 Å². The first-order valence-electron chi connectivity index (χ1n) is 10.4. The van der Waals surface area contributed by atoms with E-state index in [2.05, 4.69) is 5.32 Å². The maximum absolute atomic E-state index is 12.5. The molecule has 0 saturated heterocycles. The number of aliphatic carboxylic acids is 1. The second-order valence-corrected chi connectivity index (χ2v) is 7.97. The number of hydrogen-bond acceptors (Lipinski definition) is 4. The topological polar surface area (TPSA) is 78.5 Å². The summed E-state index contributed by atoms with van der Waals surface area (Å²) in [4.78, 5) is 23.8. The fourth-order valence-corrected chi connectivity index (χ4v) is 4.42. The molecular weight excluding hydrogens is 342 g/mol. The molecule has 0 unspecified atom stereocenters. The zero-order valence-electron chi connectivity index (χ0n) is 16.0. The van der Waals surface area contributed by atoms with E-state index in [1.165, 1.54) is 32.1 Å². The van der Waals surface area contributed by atoms with Gasteiger partial charge in [-0.2, -0.15) is 0 Å². The van der Waals surface area contributed by atoms with Gasteiger partial charge in [-0.05, 0) is 49.4 Å². The van der Waals surface area contributed by atoms with Crippen molar-refractivity contribution in [3.8, 4) is 5.75 Å². The van der Waals surface area contributed by atoms with Gasteiger partial charge < -0.3 is 20.0 Å². The second-order valence-electron chi connectivity index (χ2n) is 7.97. The summed E-state index contributed by atoms with van der Waals surface area (Å²) in [5.41, 5.74) is 0.669. The van der Waals surface area contributed by atoms with E-state index in [1.54, 1.807) is 0 Å². The molecule has 1 N–H and O–H groups in total. The minimum atomic E-state index is -1.11. The molecule has 2 aliphatic rings. The zero-order chi connectivity index (χ0) is 19.1. The molecule has 2 atom stereocenters. The standard InChI is InChI=1S/C22H31NO4/c24-21(19-8-4-5-9-20(19)22(25)26)23-17-10-12-18(13-11-17)27-15-14-16-6-2-1-3-7-16/h10-13,16,19-20H,1-9,14-15H2,(H,23,24)(H,25,26)/p-1/t19-,20-/m0/s1. The summed E-state index contributed by atoms with van der Waals surface area (Å²) in [6.07, 6.45) is 10.7. The van der Waals surface area contributed by atoms with E-state index in [-0.39, 0.29) is 5.91 Å². The quantitative estimate of drug-likeness (QED) is 0.794. The molecule has 0 spiro atoms. The number of amides is 1. The molecule has 0 radical (unpaired) electrons. The van der Waals surface area contributed by atoms with Crippen molar-refractivity contribution in [3.63, 3.8) is 0 Å². The molecule has 0 heterocycles. The lowest BCUT2D eigenvalue weighted by atomic mass is 9.78. The van der Waals surface area contributed by atoms with Gasteiger partial charge in [0.1, 0.15) is 5.75 Å². The summed E-state index contributed by atoms with van der Waals surface area (Å²) in [6, 6.07) is 7.33. The molecule has 148 valence electrons. The van der Waals surface area contributed by atoms with Crippen LogP contribution in [-0.2, 0) is 9.59 Å². The number of carbonyl (C=O) groups excluding carboxylic acids is 2. The fourth-order valence-electron chi connectivity index (χ4n) is 4.42. The third-order valence-corrected chi connectivity index (χ3v) is 6.05. The van der Waals surface area contributed by atoms with Gasteiger partial charge in [-0.15, -0.1) is 0 Å². The van der Waals surface area contributed by atoms with E-state index >= 15 is 0 Å². The van der Waals surface area contributed by atoms with Crippen LogP contribution < -0.4 is 15.2 Å². The molecule has 27 heavy (non-hydrogen) atoms. The summed E-state index contributed by atoms with van der Waals surface area (Å²) in [5.74, 6) is -0.929. The summed E-state index contributed by atoms with van der Waals surface area (Å²) < 4.78 is 5.83. The number of carbonyl (C=O) groups is 2. The van der Waals surface area contributed by atoms with Crippen molar-refractivity contribution in [2.45, 2.75) is 64.2 Å². The van der Waals surface area contributed by atoms with Gasteiger partial charge in [0.25, 0.3) is 0 Å². The molecule has 0 aromatic heterocycles. The highest BCUT2D eigenvalue weighted by Gasteiger charge is 2.31. The lowest BCUT2D eigenvalue weighted by molar-refractivity contribution is -0.313. The lowest BCUT2D eigenvalue weighted by Crippen LogP contribution is -2.42. The van der Waals surface area contributed by atoms with Crippen LogP contribution in [0.4, 0.5) is 5.69 Å². The van der Waals surface area contributed by atoms with Gasteiger partial charge >= 0.3 is 0 Å². The number of hydrogen-bond donors (Lipinski definition) is 1. The summed E-state index contributed by atoms with van der Waals surface area (Å²) in [5, 5.41) is 14.1. The van der Waals surface area contributed by atoms with Crippen LogP contribution >= 0.6 is 0 Å². The Hall–Kier alpha value is -2.04. The van der Waals surface area contributed by atoms with Gasteiger partial charge in [-0.3, -0.25) is 4.79 Å². The number of rotatable bonds is 7. The normalized spacial score (nSPS) is 23.6. The molecule has 1 aromatic rings. The van der Waals surface area contributed by atoms with Crippen molar-refractivity contribution in [1.82, 2.24) is 0 Å². The molecule has 0 aliphatic heterocycles. The average molecular weight is 372 g/mol. The lowest BCUT2D eigenvalue weighted by Gasteiger charge is -2.31.